The lowest BCUT2D eigenvalue weighted by Gasteiger charge is -2.13. The third-order valence-corrected chi connectivity index (χ3v) is 4.62. The van der Waals surface area contributed by atoms with E-state index in [1.54, 1.807) is 25.1 Å². The first-order chi connectivity index (χ1) is 12.5. The smallest absolute Gasteiger partial charge is 0.267 e. The molecule has 0 atom stereocenters. The number of nitrogens with one attached hydrogen (secondary N) is 2. The molecule has 2 aromatic heterocycles. The third kappa shape index (κ3) is 2.20. The molecule has 0 radical (unpaired) electrons. The van der Waals surface area contributed by atoms with E-state index in [1.807, 2.05) is 6.07 Å². The molecule has 0 aliphatic carbocycles. The van der Waals surface area contributed by atoms with Gasteiger partial charge >= 0.3 is 0 Å². The quantitative estimate of drug-likeness (QED) is 0.602. The van der Waals surface area contributed by atoms with Gasteiger partial charge in [0.15, 0.2) is 10.8 Å². The van der Waals surface area contributed by atoms with Crippen molar-refractivity contribution in [2.45, 2.75) is 6.92 Å². The molecular formula is C17H12N6O2S. The van der Waals surface area contributed by atoms with Gasteiger partial charge in [-0.1, -0.05) is 12.1 Å². The molecular weight excluding hydrogens is 352 g/mol. The molecule has 0 spiro atoms. The minimum Gasteiger partial charge on any atom is -0.352 e. The van der Waals surface area contributed by atoms with Crippen molar-refractivity contribution in [3.63, 3.8) is 0 Å². The van der Waals surface area contributed by atoms with Gasteiger partial charge in [-0.3, -0.25) is 19.4 Å². The number of imidazole rings is 1. The van der Waals surface area contributed by atoms with Crippen molar-refractivity contribution in [3.8, 4) is 6.07 Å². The Balaban J connectivity index is 2.01. The van der Waals surface area contributed by atoms with E-state index in [-0.39, 0.29) is 28.3 Å². The first kappa shape index (κ1) is 16.0. The standard InChI is InChI=1S/C17H12N6O2S/c1-9-10(6-18)15-21-12-4-2-3-5-13(12)22(15)16(25)11(9)7-20-23-14(24)8-19-17(23)26/h2-5,7,20H,8H2,1H3,(H,19,26). The number of fused-ring (bicyclic) bond motifs is 3. The molecule has 1 saturated heterocycles. The minimum atomic E-state index is -0.330. The summed E-state index contributed by atoms with van der Waals surface area (Å²) in [5.74, 6) is -0.258. The number of rotatable bonds is 2. The van der Waals surface area contributed by atoms with E-state index in [9.17, 15) is 14.9 Å². The zero-order chi connectivity index (χ0) is 18.4. The number of pyridine rings is 1. The highest BCUT2D eigenvalue weighted by Gasteiger charge is 2.24. The zero-order valence-electron chi connectivity index (χ0n) is 13.6. The number of nitriles is 1. The lowest BCUT2D eigenvalue weighted by atomic mass is 10.1. The second-order valence-corrected chi connectivity index (χ2v) is 6.14. The van der Waals surface area contributed by atoms with E-state index in [0.29, 0.717) is 27.8 Å². The summed E-state index contributed by atoms with van der Waals surface area (Å²) in [6.07, 6.45) is 1.39. The molecule has 4 rings (SSSR count). The van der Waals surface area contributed by atoms with Crippen molar-refractivity contribution >= 4 is 46.1 Å². The molecule has 3 aromatic rings. The molecule has 1 fully saturated rings. The fourth-order valence-corrected chi connectivity index (χ4v) is 3.20. The number of aromatic nitrogens is 2. The monoisotopic (exact) mass is 364 g/mol. The molecule has 3 heterocycles. The fourth-order valence-electron chi connectivity index (χ4n) is 2.97. The first-order valence-electron chi connectivity index (χ1n) is 7.74. The lowest BCUT2D eigenvalue weighted by molar-refractivity contribution is -0.125. The molecule has 2 N–H and O–H groups in total. The van der Waals surface area contributed by atoms with Gasteiger partial charge in [0.1, 0.15) is 6.07 Å². The molecule has 1 aliphatic rings. The van der Waals surface area contributed by atoms with Crippen molar-refractivity contribution < 1.29 is 4.79 Å². The molecule has 1 aliphatic heterocycles. The molecule has 0 unspecified atom stereocenters. The normalized spacial score (nSPS) is 14.9. The van der Waals surface area contributed by atoms with Crippen molar-refractivity contribution in [1.82, 2.24) is 25.1 Å². The topological polar surface area (TPSA) is 103 Å². The number of thiocarbonyl (C=S) groups is 1. The maximum absolute atomic E-state index is 13.1. The van der Waals surface area contributed by atoms with Crippen LogP contribution in [0.4, 0.5) is 0 Å². The maximum atomic E-state index is 13.1. The Morgan fingerprint density at radius 2 is 2.15 bits per heavy atom. The van der Waals surface area contributed by atoms with Crippen LogP contribution in [0.25, 0.3) is 22.9 Å². The number of carbonyl (C=O) groups is 1. The number of amides is 1. The van der Waals surface area contributed by atoms with Crippen LogP contribution in [0.1, 0.15) is 11.1 Å². The van der Waals surface area contributed by atoms with Gasteiger partial charge in [0.2, 0.25) is 0 Å². The Morgan fingerprint density at radius 1 is 1.38 bits per heavy atom. The van der Waals surface area contributed by atoms with E-state index in [4.69, 9.17) is 12.2 Å². The molecule has 128 valence electrons. The molecule has 0 saturated carbocycles. The molecule has 1 aromatic carbocycles. The van der Waals surface area contributed by atoms with Gasteiger partial charge in [0.05, 0.1) is 28.4 Å². The van der Waals surface area contributed by atoms with Gasteiger partial charge in [0.25, 0.3) is 11.5 Å². The highest BCUT2D eigenvalue weighted by molar-refractivity contribution is 7.80. The second-order valence-electron chi connectivity index (χ2n) is 5.75. The van der Waals surface area contributed by atoms with E-state index >= 15 is 0 Å². The van der Waals surface area contributed by atoms with Crippen LogP contribution in [-0.4, -0.2) is 32.0 Å². The Bertz CT molecular complexity index is 1240. The summed E-state index contributed by atoms with van der Waals surface area (Å²) in [7, 11) is 0. The first-order valence-corrected chi connectivity index (χ1v) is 8.14. The predicted molar refractivity (Wildman–Crippen MR) is 98.7 cm³/mol. The van der Waals surface area contributed by atoms with Gasteiger partial charge in [-0.2, -0.15) is 10.3 Å². The maximum Gasteiger partial charge on any atom is 0.267 e. The number of hydrogen-bond donors (Lipinski definition) is 2. The molecule has 0 bridgehead atoms. The summed E-state index contributed by atoms with van der Waals surface area (Å²) in [6.45, 7) is 1.77. The van der Waals surface area contributed by atoms with Crippen molar-refractivity contribution in [2.75, 3.05) is 6.54 Å². The third-order valence-electron chi connectivity index (χ3n) is 4.29. The minimum absolute atomic E-state index is 0.0948. The average Bonchev–Trinajstić information content (AvgIpc) is 3.16. The molecule has 26 heavy (non-hydrogen) atoms. The number of nitrogens with zero attached hydrogens (tertiary/aromatic N) is 4. The van der Waals surface area contributed by atoms with Crippen LogP contribution >= 0.6 is 12.2 Å². The van der Waals surface area contributed by atoms with Gasteiger partial charge in [0, 0.05) is 6.20 Å². The van der Waals surface area contributed by atoms with Crippen LogP contribution in [0.2, 0.25) is 0 Å². The number of para-hydroxylation sites is 2. The highest BCUT2D eigenvalue weighted by atomic mass is 32.1. The summed E-state index contributed by atoms with van der Waals surface area (Å²) in [5, 5.41) is 14.0. The van der Waals surface area contributed by atoms with E-state index < -0.39 is 0 Å². The van der Waals surface area contributed by atoms with E-state index in [2.05, 4.69) is 21.8 Å². The Hall–Kier alpha value is -3.51. The molecule has 8 nitrogen and oxygen atoms in total. The van der Waals surface area contributed by atoms with Gasteiger partial charge < -0.3 is 5.32 Å². The highest BCUT2D eigenvalue weighted by Crippen LogP contribution is 2.17. The molecule has 9 heteroatoms. The van der Waals surface area contributed by atoms with Gasteiger partial charge in [-0.25, -0.2) is 4.98 Å². The number of hydrogen-bond acceptors (Lipinski definition) is 6. The summed E-state index contributed by atoms with van der Waals surface area (Å²) in [6, 6.07) is 9.30. The van der Waals surface area contributed by atoms with Gasteiger partial charge in [-0.15, -0.1) is 0 Å². The van der Waals surface area contributed by atoms with Crippen molar-refractivity contribution in [1.29, 1.82) is 5.26 Å². The van der Waals surface area contributed by atoms with Crippen LogP contribution in [-0.2, 0) is 4.79 Å². The zero-order valence-corrected chi connectivity index (χ0v) is 14.4. The summed E-state index contributed by atoms with van der Waals surface area (Å²) in [4.78, 5) is 29.3. The van der Waals surface area contributed by atoms with Crippen LogP contribution in [0.5, 0.6) is 0 Å². The molecule has 1 amide bonds. The van der Waals surface area contributed by atoms with Crippen LogP contribution < -0.4 is 21.5 Å². The largest absolute Gasteiger partial charge is 0.352 e. The number of benzene rings is 1. The van der Waals surface area contributed by atoms with Gasteiger partial charge in [-0.05, 0) is 36.8 Å². The number of carbonyl (C=O) groups excluding carboxylic acids is 1. The van der Waals surface area contributed by atoms with Crippen molar-refractivity contribution in [3.05, 3.63) is 51.0 Å². The second kappa shape index (κ2) is 5.79. The SMILES string of the molecule is Cc1c(C#N)c2nc3ccccc3n2c(=O)c1=CNN1C(=O)CNC1=S. The van der Waals surface area contributed by atoms with E-state index in [0.717, 1.165) is 5.01 Å². The van der Waals surface area contributed by atoms with Crippen LogP contribution in [0.15, 0.2) is 29.1 Å². The number of hydrazine groups is 1. The Labute approximate surface area is 152 Å². The lowest BCUT2D eigenvalue weighted by Crippen LogP contribution is -2.43. The van der Waals surface area contributed by atoms with Crippen molar-refractivity contribution in [2.24, 2.45) is 0 Å². The fraction of sp³-hybridized carbons (Fsp3) is 0.118. The van der Waals surface area contributed by atoms with Crippen LogP contribution in [0, 0.1) is 18.3 Å². The summed E-state index contributed by atoms with van der Waals surface area (Å²) >= 11 is 5.04. The average molecular weight is 364 g/mol. The summed E-state index contributed by atoms with van der Waals surface area (Å²) in [5.41, 5.74) is 4.78. The summed E-state index contributed by atoms with van der Waals surface area (Å²) < 4.78 is 1.41. The predicted octanol–water partition coefficient (Wildman–Crippen LogP) is -0.294. The van der Waals surface area contributed by atoms with E-state index in [1.165, 1.54) is 10.6 Å². The van der Waals surface area contributed by atoms with Crippen LogP contribution in [0.3, 0.4) is 0 Å². The Kier molecular flexibility index (Phi) is 3.56. The Morgan fingerprint density at radius 3 is 2.85 bits per heavy atom.